The molecule has 0 radical (unpaired) electrons. The van der Waals surface area contributed by atoms with Gasteiger partial charge in [0.05, 0.1) is 5.56 Å². The summed E-state index contributed by atoms with van der Waals surface area (Å²) in [6, 6.07) is 4.19. The zero-order valence-electron chi connectivity index (χ0n) is 11.4. The van der Waals surface area contributed by atoms with E-state index in [0.717, 1.165) is 37.2 Å². The summed E-state index contributed by atoms with van der Waals surface area (Å²) in [5, 5.41) is 20.3. The van der Waals surface area contributed by atoms with Gasteiger partial charge in [-0.1, -0.05) is 0 Å². The fraction of sp³-hybridized carbons (Fsp3) is 0.429. The minimum Gasteiger partial charge on any atom is -0.369 e. The van der Waals surface area contributed by atoms with E-state index in [1.807, 2.05) is 17.7 Å². The highest BCUT2D eigenvalue weighted by Gasteiger charge is 2.16. The van der Waals surface area contributed by atoms with Crippen LogP contribution in [-0.4, -0.2) is 26.3 Å². The minimum absolute atomic E-state index is 0.628. The second-order valence-electron chi connectivity index (χ2n) is 4.99. The molecule has 0 atom stereocenters. The van der Waals surface area contributed by atoms with Crippen LogP contribution in [0, 0.1) is 11.3 Å². The number of anilines is 1. The number of aryl methyl sites for hydroxylation is 3. The van der Waals surface area contributed by atoms with E-state index >= 15 is 0 Å². The van der Waals surface area contributed by atoms with Crippen molar-refractivity contribution in [3.8, 4) is 6.07 Å². The average molecular weight is 268 g/mol. The van der Waals surface area contributed by atoms with Crippen molar-refractivity contribution in [2.75, 3.05) is 11.9 Å². The maximum atomic E-state index is 9.22. The van der Waals surface area contributed by atoms with Gasteiger partial charge in [-0.25, -0.2) is 4.98 Å². The first-order chi connectivity index (χ1) is 9.78. The number of nitrogens with zero attached hydrogens (tertiary/aromatic N) is 5. The van der Waals surface area contributed by atoms with Crippen LogP contribution in [0.25, 0.3) is 0 Å². The minimum atomic E-state index is 0.628. The predicted molar refractivity (Wildman–Crippen MR) is 74.2 cm³/mol. The molecule has 0 aliphatic heterocycles. The molecule has 0 amide bonds. The molecule has 0 spiro atoms. The number of hydrogen-bond donors (Lipinski definition) is 1. The summed E-state index contributed by atoms with van der Waals surface area (Å²) in [6.45, 7) is 0.687. The molecule has 3 rings (SSSR count). The van der Waals surface area contributed by atoms with Crippen molar-refractivity contribution in [2.24, 2.45) is 7.05 Å². The lowest BCUT2D eigenvalue weighted by Crippen LogP contribution is -2.11. The summed E-state index contributed by atoms with van der Waals surface area (Å²) in [5.74, 6) is 1.60. The summed E-state index contributed by atoms with van der Waals surface area (Å²) in [6.07, 6.45) is 5.62. The Hall–Kier alpha value is -2.42. The number of rotatable bonds is 4. The van der Waals surface area contributed by atoms with E-state index in [2.05, 4.69) is 26.6 Å². The zero-order chi connectivity index (χ0) is 13.9. The second-order valence-corrected chi connectivity index (χ2v) is 4.99. The number of nitriles is 1. The maximum absolute atomic E-state index is 9.22. The molecule has 1 aliphatic rings. The standard InChI is InChI=1S/C14H16N6/c1-20-9-17-19-13(20)5-6-16-14-11(8-15)7-10-3-2-4-12(10)18-14/h7,9H,2-6H2,1H3,(H,16,18). The van der Waals surface area contributed by atoms with Crippen molar-refractivity contribution < 1.29 is 0 Å². The SMILES string of the molecule is Cn1cnnc1CCNc1nc2c(cc1C#N)CCC2. The van der Waals surface area contributed by atoms with Crippen molar-refractivity contribution in [1.82, 2.24) is 19.7 Å². The Kier molecular flexibility index (Phi) is 3.33. The van der Waals surface area contributed by atoms with Gasteiger partial charge in [0.25, 0.3) is 0 Å². The molecule has 0 aromatic carbocycles. The van der Waals surface area contributed by atoms with Crippen LogP contribution in [0.15, 0.2) is 12.4 Å². The van der Waals surface area contributed by atoms with Crippen LogP contribution >= 0.6 is 0 Å². The second kappa shape index (κ2) is 5.29. The molecule has 1 aliphatic carbocycles. The third kappa shape index (κ3) is 2.35. The van der Waals surface area contributed by atoms with Gasteiger partial charge in [-0.15, -0.1) is 10.2 Å². The molecular weight excluding hydrogens is 252 g/mol. The first-order valence-electron chi connectivity index (χ1n) is 6.77. The molecular formula is C14H16N6. The van der Waals surface area contributed by atoms with E-state index in [1.54, 1.807) is 6.33 Å². The Labute approximate surface area is 117 Å². The van der Waals surface area contributed by atoms with Gasteiger partial charge in [0.1, 0.15) is 24.0 Å². The van der Waals surface area contributed by atoms with Crippen LogP contribution in [0.3, 0.4) is 0 Å². The van der Waals surface area contributed by atoms with Gasteiger partial charge >= 0.3 is 0 Å². The highest BCUT2D eigenvalue weighted by molar-refractivity contribution is 5.55. The fourth-order valence-corrected chi connectivity index (χ4v) is 2.52. The summed E-state index contributed by atoms with van der Waals surface area (Å²) < 4.78 is 1.89. The normalized spacial score (nSPS) is 13.0. The molecule has 0 saturated carbocycles. The lowest BCUT2D eigenvalue weighted by atomic mass is 10.1. The Morgan fingerprint density at radius 3 is 3.10 bits per heavy atom. The van der Waals surface area contributed by atoms with Gasteiger partial charge in [-0.2, -0.15) is 5.26 Å². The summed E-state index contributed by atoms with van der Waals surface area (Å²) >= 11 is 0. The van der Waals surface area contributed by atoms with Gasteiger partial charge < -0.3 is 9.88 Å². The summed E-state index contributed by atoms with van der Waals surface area (Å²) in [7, 11) is 1.92. The highest BCUT2D eigenvalue weighted by atomic mass is 15.2. The molecule has 2 aromatic rings. The molecule has 102 valence electrons. The molecule has 2 heterocycles. The molecule has 0 unspecified atom stereocenters. The van der Waals surface area contributed by atoms with Crippen molar-refractivity contribution in [2.45, 2.75) is 25.7 Å². The Bertz CT molecular complexity index is 667. The van der Waals surface area contributed by atoms with Crippen molar-refractivity contribution >= 4 is 5.82 Å². The van der Waals surface area contributed by atoms with E-state index < -0.39 is 0 Å². The van der Waals surface area contributed by atoms with Gasteiger partial charge in [0, 0.05) is 25.7 Å². The molecule has 6 heteroatoms. The Balaban J connectivity index is 1.71. The fourth-order valence-electron chi connectivity index (χ4n) is 2.52. The smallest absolute Gasteiger partial charge is 0.144 e. The summed E-state index contributed by atoms with van der Waals surface area (Å²) in [5.41, 5.74) is 2.98. The van der Waals surface area contributed by atoms with E-state index in [0.29, 0.717) is 17.9 Å². The van der Waals surface area contributed by atoms with E-state index in [9.17, 15) is 5.26 Å². The van der Waals surface area contributed by atoms with E-state index in [4.69, 9.17) is 0 Å². The third-order valence-corrected chi connectivity index (χ3v) is 3.62. The van der Waals surface area contributed by atoms with Gasteiger partial charge in [0.15, 0.2) is 0 Å². The van der Waals surface area contributed by atoms with Crippen LogP contribution in [0.2, 0.25) is 0 Å². The number of fused-ring (bicyclic) bond motifs is 1. The summed E-state index contributed by atoms with van der Waals surface area (Å²) in [4.78, 5) is 4.59. The van der Waals surface area contributed by atoms with E-state index in [-0.39, 0.29) is 0 Å². The van der Waals surface area contributed by atoms with Crippen molar-refractivity contribution in [3.63, 3.8) is 0 Å². The number of aromatic nitrogens is 4. The molecule has 0 bridgehead atoms. The molecule has 2 aromatic heterocycles. The molecule has 6 nitrogen and oxygen atoms in total. The van der Waals surface area contributed by atoms with Gasteiger partial charge in [0.2, 0.25) is 0 Å². The van der Waals surface area contributed by atoms with Gasteiger partial charge in [-0.3, -0.25) is 0 Å². The molecule has 1 N–H and O–H groups in total. The maximum Gasteiger partial charge on any atom is 0.144 e. The lowest BCUT2D eigenvalue weighted by molar-refractivity contribution is 0.787. The molecule has 20 heavy (non-hydrogen) atoms. The van der Waals surface area contributed by atoms with Crippen LogP contribution in [0.4, 0.5) is 5.82 Å². The number of pyridine rings is 1. The first-order valence-corrected chi connectivity index (χ1v) is 6.77. The Morgan fingerprint density at radius 2 is 2.35 bits per heavy atom. The van der Waals surface area contributed by atoms with Crippen LogP contribution in [0.1, 0.15) is 29.1 Å². The number of nitrogens with one attached hydrogen (secondary N) is 1. The highest BCUT2D eigenvalue weighted by Crippen LogP contribution is 2.24. The quantitative estimate of drug-likeness (QED) is 0.902. The van der Waals surface area contributed by atoms with Crippen LogP contribution < -0.4 is 5.32 Å². The zero-order valence-corrected chi connectivity index (χ0v) is 11.4. The largest absolute Gasteiger partial charge is 0.369 e. The first kappa shape index (κ1) is 12.6. The van der Waals surface area contributed by atoms with Crippen LogP contribution in [0.5, 0.6) is 0 Å². The number of hydrogen-bond acceptors (Lipinski definition) is 5. The van der Waals surface area contributed by atoms with Gasteiger partial charge in [-0.05, 0) is 30.9 Å². The van der Waals surface area contributed by atoms with Crippen molar-refractivity contribution in [3.05, 3.63) is 35.0 Å². The lowest BCUT2D eigenvalue weighted by Gasteiger charge is -2.09. The predicted octanol–water partition coefficient (Wildman–Crippen LogP) is 1.23. The molecule has 0 fully saturated rings. The van der Waals surface area contributed by atoms with Crippen molar-refractivity contribution in [1.29, 1.82) is 5.26 Å². The monoisotopic (exact) mass is 268 g/mol. The Morgan fingerprint density at radius 1 is 1.45 bits per heavy atom. The third-order valence-electron chi connectivity index (χ3n) is 3.62. The average Bonchev–Trinajstić information content (AvgIpc) is 3.06. The van der Waals surface area contributed by atoms with E-state index in [1.165, 1.54) is 5.56 Å². The van der Waals surface area contributed by atoms with Crippen LogP contribution in [-0.2, 0) is 26.3 Å². The topological polar surface area (TPSA) is 79.4 Å². The molecule has 0 saturated heterocycles.